The number of nitrogens with zero attached hydrogens (tertiary/aromatic N) is 5. The molecule has 16 heteroatoms. The van der Waals surface area contributed by atoms with Crippen molar-refractivity contribution < 1.29 is 28.7 Å². The third-order valence-corrected chi connectivity index (χ3v) is 14.0. The molecule has 0 unspecified atom stereocenters. The van der Waals surface area contributed by atoms with Gasteiger partial charge in [-0.3, -0.25) is 19.2 Å². The summed E-state index contributed by atoms with van der Waals surface area (Å²) in [6.45, 7) is 15.6. The first-order valence-electron chi connectivity index (χ1n) is 21.5. The van der Waals surface area contributed by atoms with Gasteiger partial charge in [0.05, 0.1) is 30.6 Å². The zero-order valence-corrected chi connectivity index (χ0v) is 37.9. The largest absolute Gasteiger partial charge is 0.453 e. The number of ether oxygens (including phenoxy) is 1. The standard InChI is InChI=1S/C44H62N8O6S2/c1-9-26(3)23-36(53)50-21-11-13-34(50)38(54)48-41-45-30(24-59-41)32-19-20-33(52(32)29-17-15-28(16-18-29)44(5,6)7)31-25-60-42(46-31)49-39(55)35-14-12-22-51(35)40(56)37(27(4)10-2)47-43(57)58-8/h15-18,24-27,32-35,37H,9-14,19-23H2,1-8H3,(H,47,57)(H,45,48,54)(H,46,49,55)/t26-,27-,32-,33-,34-,35-,37-/m0/s1. The highest BCUT2D eigenvalue weighted by atomic mass is 32.1. The fourth-order valence-corrected chi connectivity index (χ4v) is 10.0. The average Bonchev–Trinajstić information content (AvgIpc) is 4.08. The lowest BCUT2D eigenvalue weighted by molar-refractivity contribution is -0.139. The van der Waals surface area contributed by atoms with Gasteiger partial charge in [-0.1, -0.05) is 73.4 Å². The van der Waals surface area contributed by atoms with E-state index in [0.717, 1.165) is 42.8 Å². The van der Waals surface area contributed by atoms with Crippen molar-refractivity contribution in [2.24, 2.45) is 11.8 Å². The van der Waals surface area contributed by atoms with E-state index in [1.807, 2.05) is 24.6 Å². The number of methoxy groups -OCH3 is 1. The molecule has 326 valence electrons. The second kappa shape index (κ2) is 19.4. The van der Waals surface area contributed by atoms with Gasteiger partial charge in [0.1, 0.15) is 18.1 Å². The van der Waals surface area contributed by atoms with Crippen molar-refractivity contribution in [3.05, 3.63) is 52.0 Å². The van der Waals surface area contributed by atoms with Crippen molar-refractivity contribution in [1.29, 1.82) is 0 Å². The lowest BCUT2D eigenvalue weighted by Gasteiger charge is -2.32. The molecule has 3 N–H and O–H groups in total. The van der Waals surface area contributed by atoms with Crippen LogP contribution in [0, 0.1) is 11.8 Å². The molecule has 0 bridgehead atoms. The first-order valence-corrected chi connectivity index (χ1v) is 23.2. The first-order chi connectivity index (χ1) is 28.6. The smallest absolute Gasteiger partial charge is 0.407 e. The molecule has 14 nitrogen and oxygen atoms in total. The van der Waals surface area contributed by atoms with Crippen LogP contribution in [0.15, 0.2) is 35.0 Å². The number of benzene rings is 1. The Hall–Kier alpha value is -4.57. The number of carbonyl (C=O) groups excluding carboxylic acids is 5. The zero-order valence-electron chi connectivity index (χ0n) is 36.3. The summed E-state index contributed by atoms with van der Waals surface area (Å²) < 4.78 is 4.79. The molecule has 5 amide bonds. The van der Waals surface area contributed by atoms with Crippen molar-refractivity contribution in [3.63, 3.8) is 0 Å². The number of nitrogens with one attached hydrogen (secondary N) is 3. The SMILES string of the molecule is CC[C@H](C)CC(=O)N1CCC[C@H]1C(=O)Nc1nc([C@@H]2CC[C@@H](c3csc(NC(=O)[C@@H]4CCCN4C(=O)[C@@H](NC(=O)OC)[C@@H](C)CC)n3)N2c2ccc(C(C)(C)C)cc2)cs1. The normalized spacial score (nSPS) is 22.0. The molecule has 3 fully saturated rings. The number of aromatic nitrogens is 2. The maximum Gasteiger partial charge on any atom is 0.407 e. The van der Waals surface area contributed by atoms with E-state index in [2.05, 4.69) is 79.7 Å². The molecule has 5 heterocycles. The highest BCUT2D eigenvalue weighted by molar-refractivity contribution is 7.14. The third kappa shape index (κ3) is 10.1. The summed E-state index contributed by atoms with van der Waals surface area (Å²) in [6.07, 6.45) is 5.53. The van der Waals surface area contributed by atoms with E-state index in [9.17, 15) is 24.0 Å². The highest BCUT2D eigenvalue weighted by Gasteiger charge is 2.41. The van der Waals surface area contributed by atoms with Crippen LogP contribution in [0.25, 0.3) is 0 Å². The number of hydrogen-bond donors (Lipinski definition) is 3. The lowest BCUT2D eigenvalue weighted by atomic mass is 9.87. The maximum absolute atomic E-state index is 13.8. The molecular weight excluding hydrogens is 801 g/mol. The predicted octanol–water partition coefficient (Wildman–Crippen LogP) is 8.05. The Balaban J connectivity index is 1.19. The van der Waals surface area contributed by atoms with Gasteiger partial charge in [-0.2, -0.15) is 0 Å². The maximum atomic E-state index is 13.8. The van der Waals surface area contributed by atoms with Crippen molar-refractivity contribution in [3.8, 4) is 0 Å². The Morgan fingerprint density at radius 3 is 1.83 bits per heavy atom. The van der Waals surface area contributed by atoms with Crippen molar-refractivity contribution in [2.45, 2.75) is 142 Å². The van der Waals surface area contributed by atoms with Crippen molar-refractivity contribution in [2.75, 3.05) is 35.7 Å². The quantitative estimate of drug-likeness (QED) is 0.145. The van der Waals surface area contributed by atoms with Crippen LogP contribution in [-0.4, -0.2) is 87.8 Å². The summed E-state index contributed by atoms with van der Waals surface area (Å²) in [4.78, 5) is 81.9. The van der Waals surface area contributed by atoms with E-state index in [1.54, 1.807) is 9.80 Å². The minimum Gasteiger partial charge on any atom is -0.453 e. The van der Waals surface area contributed by atoms with Gasteiger partial charge in [0.15, 0.2) is 10.3 Å². The zero-order chi connectivity index (χ0) is 43.3. The van der Waals surface area contributed by atoms with E-state index in [1.165, 1.54) is 35.3 Å². The second-order valence-electron chi connectivity index (χ2n) is 17.6. The number of likely N-dealkylation sites (tertiary alicyclic amines) is 2. The molecule has 3 saturated heterocycles. The van der Waals surface area contributed by atoms with Gasteiger partial charge < -0.3 is 35.4 Å². The molecule has 6 rings (SSSR count). The Labute approximate surface area is 362 Å². The van der Waals surface area contributed by atoms with E-state index in [-0.39, 0.29) is 53.0 Å². The summed E-state index contributed by atoms with van der Waals surface area (Å²) in [5.41, 5.74) is 3.89. The first kappa shape index (κ1) is 45.0. The minimum atomic E-state index is -0.807. The van der Waals surface area contributed by atoms with Crippen LogP contribution in [-0.2, 0) is 29.3 Å². The number of rotatable bonds is 14. The molecule has 0 saturated carbocycles. The van der Waals surface area contributed by atoms with Gasteiger partial charge in [-0.15, -0.1) is 22.7 Å². The monoisotopic (exact) mass is 862 g/mol. The van der Waals surface area contributed by atoms with Crippen molar-refractivity contribution in [1.82, 2.24) is 25.1 Å². The van der Waals surface area contributed by atoms with Crippen LogP contribution >= 0.6 is 22.7 Å². The van der Waals surface area contributed by atoms with E-state index < -0.39 is 24.2 Å². The highest BCUT2D eigenvalue weighted by Crippen LogP contribution is 2.48. The Kier molecular flexibility index (Phi) is 14.6. The van der Waals surface area contributed by atoms with Crippen LogP contribution in [0.4, 0.5) is 20.7 Å². The van der Waals surface area contributed by atoms with Crippen LogP contribution in [0.2, 0.25) is 0 Å². The Morgan fingerprint density at radius 1 is 0.800 bits per heavy atom. The molecule has 60 heavy (non-hydrogen) atoms. The summed E-state index contributed by atoms with van der Waals surface area (Å²) in [6, 6.07) is 6.41. The lowest BCUT2D eigenvalue weighted by Crippen LogP contribution is -2.54. The van der Waals surface area contributed by atoms with E-state index >= 15 is 0 Å². The van der Waals surface area contributed by atoms with Crippen molar-refractivity contribution >= 4 is 68.3 Å². The van der Waals surface area contributed by atoms with Crippen LogP contribution in [0.5, 0.6) is 0 Å². The number of amides is 5. The summed E-state index contributed by atoms with van der Waals surface area (Å²) in [5.74, 6) is -0.645. The van der Waals surface area contributed by atoms with E-state index in [4.69, 9.17) is 14.7 Å². The molecule has 3 aliphatic heterocycles. The van der Waals surface area contributed by atoms with Gasteiger partial charge in [0.25, 0.3) is 0 Å². The number of thiazole rings is 2. The molecule has 1 aromatic carbocycles. The van der Waals surface area contributed by atoms with Gasteiger partial charge in [0.2, 0.25) is 23.6 Å². The van der Waals surface area contributed by atoms with Crippen LogP contribution < -0.4 is 20.9 Å². The number of alkyl carbamates (subject to hydrolysis) is 1. The second-order valence-corrected chi connectivity index (χ2v) is 19.3. The Morgan fingerprint density at radius 2 is 1.33 bits per heavy atom. The van der Waals surface area contributed by atoms with Crippen LogP contribution in [0.3, 0.4) is 0 Å². The molecule has 3 aromatic rings. The molecule has 3 aliphatic rings. The van der Waals surface area contributed by atoms with Crippen LogP contribution in [0.1, 0.15) is 135 Å². The topological polar surface area (TPSA) is 166 Å². The predicted molar refractivity (Wildman–Crippen MR) is 236 cm³/mol. The summed E-state index contributed by atoms with van der Waals surface area (Å²) >= 11 is 2.74. The number of anilines is 3. The third-order valence-electron chi connectivity index (χ3n) is 12.5. The molecule has 7 atom stereocenters. The molecule has 0 radical (unpaired) electrons. The molecule has 0 aliphatic carbocycles. The molecule has 2 aromatic heterocycles. The fraction of sp³-hybridized carbons (Fsp3) is 0.614. The van der Waals surface area contributed by atoms with Gasteiger partial charge in [0, 0.05) is 36.0 Å². The minimum absolute atomic E-state index is 0.0212. The van der Waals surface area contributed by atoms with E-state index in [0.29, 0.717) is 55.5 Å². The average molecular weight is 863 g/mol. The summed E-state index contributed by atoms with van der Waals surface area (Å²) in [7, 11) is 1.26. The van der Waals surface area contributed by atoms with Gasteiger partial charge >= 0.3 is 6.09 Å². The number of carbonyl (C=O) groups is 5. The van der Waals surface area contributed by atoms with Gasteiger partial charge in [-0.05, 0) is 73.5 Å². The molecule has 0 spiro atoms. The Bertz CT molecular complexity index is 2000. The number of hydrogen-bond acceptors (Lipinski definition) is 11. The van der Waals surface area contributed by atoms with Gasteiger partial charge in [-0.25, -0.2) is 14.8 Å². The summed E-state index contributed by atoms with van der Waals surface area (Å²) in [5, 5.41) is 13.7. The fourth-order valence-electron chi connectivity index (χ4n) is 8.50. The molecular formula is C44H62N8O6S2.